The third-order valence-corrected chi connectivity index (χ3v) is 4.90. The summed E-state index contributed by atoms with van der Waals surface area (Å²) in [7, 11) is 0. The maximum Gasteiger partial charge on any atom is 0.277 e. The number of carbonyl (C=O) groups is 1. The zero-order valence-electron chi connectivity index (χ0n) is 13.7. The van der Waals surface area contributed by atoms with Gasteiger partial charge in [0.05, 0.1) is 21.5 Å². The summed E-state index contributed by atoms with van der Waals surface area (Å²) in [6.07, 6.45) is 0.826. The van der Waals surface area contributed by atoms with Gasteiger partial charge >= 0.3 is 0 Å². The van der Waals surface area contributed by atoms with Crippen molar-refractivity contribution in [2.24, 2.45) is 0 Å². The van der Waals surface area contributed by atoms with Crippen LogP contribution in [0.4, 0.5) is 16.5 Å². The van der Waals surface area contributed by atoms with Crippen LogP contribution in [0.3, 0.4) is 0 Å². The Labute approximate surface area is 146 Å². The molecule has 0 saturated heterocycles. The molecule has 10 nitrogen and oxygen atoms in total. The maximum atomic E-state index is 12.3. The number of nitro groups is 2. The lowest BCUT2D eigenvalue weighted by atomic mass is 9.91. The highest BCUT2D eigenvalue weighted by atomic mass is 32.1. The Morgan fingerprint density at radius 1 is 1.16 bits per heavy atom. The molecule has 0 aliphatic carbocycles. The fraction of sp³-hybridized carbons (Fsp3) is 0.357. The summed E-state index contributed by atoms with van der Waals surface area (Å²) in [6, 6.07) is 2.74. The van der Waals surface area contributed by atoms with Gasteiger partial charge in [0.1, 0.15) is 5.01 Å². The lowest BCUT2D eigenvalue weighted by molar-refractivity contribution is -0.394. The molecule has 25 heavy (non-hydrogen) atoms. The largest absolute Gasteiger partial charge is 0.296 e. The molecule has 11 heteroatoms. The summed E-state index contributed by atoms with van der Waals surface area (Å²) in [5, 5.41) is 33.1. The van der Waals surface area contributed by atoms with Crippen LogP contribution in [0.15, 0.2) is 18.2 Å². The smallest absolute Gasteiger partial charge is 0.277 e. The highest BCUT2D eigenvalue weighted by Gasteiger charge is 2.25. The van der Waals surface area contributed by atoms with Crippen LogP contribution in [0.25, 0.3) is 0 Å². The molecule has 0 aliphatic heterocycles. The zero-order chi connectivity index (χ0) is 18.8. The SMILES string of the molecule is CCC(C)(C)c1nnc(NC(=O)c2cc([N+](=O)[O-])cc([N+](=O)[O-])c2)s1. The summed E-state index contributed by atoms with van der Waals surface area (Å²) in [5.74, 6) is -0.733. The summed E-state index contributed by atoms with van der Waals surface area (Å²) in [4.78, 5) is 32.5. The topological polar surface area (TPSA) is 141 Å². The molecule has 0 bridgehead atoms. The number of anilines is 1. The second kappa shape index (κ2) is 6.89. The summed E-state index contributed by atoms with van der Waals surface area (Å²) in [6.45, 7) is 5.98. The van der Waals surface area contributed by atoms with Gasteiger partial charge in [0.25, 0.3) is 17.3 Å². The van der Waals surface area contributed by atoms with Crippen LogP contribution in [0.5, 0.6) is 0 Å². The molecule has 0 radical (unpaired) electrons. The van der Waals surface area contributed by atoms with E-state index in [4.69, 9.17) is 0 Å². The lowest BCUT2D eigenvalue weighted by Crippen LogP contribution is -2.14. The predicted octanol–water partition coefficient (Wildman–Crippen LogP) is 3.29. The molecular weight excluding hydrogens is 350 g/mol. The second-order valence-corrected chi connectivity index (χ2v) is 6.83. The number of rotatable bonds is 6. The maximum absolute atomic E-state index is 12.3. The van der Waals surface area contributed by atoms with E-state index in [1.54, 1.807) is 0 Å². The van der Waals surface area contributed by atoms with Crippen molar-refractivity contribution in [2.45, 2.75) is 32.6 Å². The van der Waals surface area contributed by atoms with Crippen molar-refractivity contribution in [1.82, 2.24) is 10.2 Å². The average molecular weight is 365 g/mol. The Bertz CT molecular complexity index is 816. The van der Waals surface area contributed by atoms with E-state index >= 15 is 0 Å². The first-order valence-corrected chi connectivity index (χ1v) is 8.05. The van der Waals surface area contributed by atoms with Gasteiger partial charge < -0.3 is 0 Å². The first-order valence-electron chi connectivity index (χ1n) is 7.23. The third-order valence-electron chi connectivity index (χ3n) is 3.69. The van der Waals surface area contributed by atoms with Crippen LogP contribution in [0.1, 0.15) is 42.6 Å². The molecule has 1 aromatic heterocycles. The van der Waals surface area contributed by atoms with Gasteiger partial charge in [-0.05, 0) is 6.42 Å². The Balaban J connectivity index is 2.29. The van der Waals surface area contributed by atoms with Crippen LogP contribution in [0, 0.1) is 20.2 Å². The van der Waals surface area contributed by atoms with Crippen molar-refractivity contribution in [3.8, 4) is 0 Å². The van der Waals surface area contributed by atoms with Crippen LogP contribution in [0.2, 0.25) is 0 Å². The van der Waals surface area contributed by atoms with E-state index in [-0.39, 0.29) is 16.1 Å². The molecule has 132 valence electrons. The molecule has 0 saturated carbocycles. The minimum absolute atomic E-state index is 0.201. The van der Waals surface area contributed by atoms with Crippen molar-refractivity contribution in [3.05, 3.63) is 49.0 Å². The summed E-state index contributed by atoms with van der Waals surface area (Å²) in [5.41, 5.74) is -1.48. The number of carbonyl (C=O) groups excluding carboxylic acids is 1. The molecule has 0 spiro atoms. The minimum atomic E-state index is -0.795. The van der Waals surface area contributed by atoms with E-state index in [2.05, 4.69) is 15.5 Å². The number of aromatic nitrogens is 2. The molecule has 1 heterocycles. The Hall–Kier alpha value is -2.95. The van der Waals surface area contributed by atoms with Gasteiger partial charge in [-0.2, -0.15) is 0 Å². The van der Waals surface area contributed by atoms with Gasteiger partial charge in [0.15, 0.2) is 0 Å². The van der Waals surface area contributed by atoms with Crippen molar-refractivity contribution in [3.63, 3.8) is 0 Å². The second-order valence-electron chi connectivity index (χ2n) is 5.86. The van der Waals surface area contributed by atoms with Crippen molar-refractivity contribution in [2.75, 3.05) is 5.32 Å². The number of hydrogen-bond donors (Lipinski definition) is 1. The van der Waals surface area contributed by atoms with Crippen LogP contribution < -0.4 is 5.32 Å². The summed E-state index contributed by atoms with van der Waals surface area (Å²) < 4.78 is 0. The van der Waals surface area contributed by atoms with Gasteiger partial charge in [-0.25, -0.2) is 0 Å². The molecule has 0 aliphatic rings. The van der Waals surface area contributed by atoms with E-state index < -0.39 is 27.1 Å². The first-order chi connectivity index (χ1) is 11.6. The van der Waals surface area contributed by atoms with Crippen LogP contribution in [-0.2, 0) is 5.41 Å². The van der Waals surface area contributed by atoms with Crippen molar-refractivity contribution >= 4 is 33.8 Å². The molecule has 1 amide bonds. The fourth-order valence-electron chi connectivity index (χ4n) is 1.80. The van der Waals surface area contributed by atoms with Gasteiger partial charge in [-0.15, -0.1) is 10.2 Å². The highest BCUT2D eigenvalue weighted by molar-refractivity contribution is 7.15. The number of hydrogen-bond acceptors (Lipinski definition) is 8. The van der Waals surface area contributed by atoms with Gasteiger partial charge in [0.2, 0.25) is 5.13 Å². The van der Waals surface area contributed by atoms with Gasteiger partial charge in [-0.1, -0.05) is 32.1 Å². The number of nitrogens with one attached hydrogen (secondary N) is 1. The van der Waals surface area contributed by atoms with E-state index in [1.165, 1.54) is 11.3 Å². The number of non-ortho nitro benzene ring substituents is 2. The lowest BCUT2D eigenvalue weighted by Gasteiger charge is -2.17. The third kappa shape index (κ3) is 4.12. The van der Waals surface area contributed by atoms with Gasteiger partial charge in [0, 0.05) is 17.5 Å². The molecule has 1 aromatic carbocycles. The monoisotopic (exact) mass is 365 g/mol. The molecule has 0 fully saturated rings. The normalized spacial score (nSPS) is 11.2. The van der Waals surface area contributed by atoms with E-state index in [9.17, 15) is 25.0 Å². The van der Waals surface area contributed by atoms with E-state index in [1.807, 2.05) is 20.8 Å². The molecule has 1 N–H and O–H groups in total. The standard InChI is InChI=1S/C14H15N5O5S/c1-4-14(2,3)12-16-17-13(25-12)15-11(20)8-5-9(18(21)22)7-10(6-8)19(23)24/h5-7H,4H2,1-3H3,(H,15,17,20). The number of amides is 1. The Kier molecular flexibility index (Phi) is 5.07. The first kappa shape index (κ1) is 18.4. The Morgan fingerprint density at radius 2 is 1.72 bits per heavy atom. The van der Waals surface area contributed by atoms with Crippen LogP contribution >= 0.6 is 11.3 Å². The van der Waals surface area contributed by atoms with Crippen molar-refractivity contribution < 1.29 is 14.6 Å². The number of nitrogens with zero attached hydrogens (tertiary/aromatic N) is 4. The zero-order valence-corrected chi connectivity index (χ0v) is 14.5. The highest BCUT2D eigenvalue weighted by Crippen LogP contribution is 2.31. The minimum Gasteiger partial charge on any atom is -0.296 e. The average Bonchev–Trinajstić information content (AvgIpc) is 3.03. The molecule has 0 unspecified atom stereocenters. The number of nitro benzene ring substituents is 2. The predicted molar refractivity (Wildman–Crippen MR) is 90.9 cm³/mol. The summed E-state index contributed by atoms with van der Waals surface area (Å²) >= 11 is 1.19. The van der Waals surface area contributed by atoms with E-state index in [0.29, 0.717) is 0 Å². The molecule has 2 aromatic rings. The fourth-order valence-corrected chi connectivity index (χ4v) is 2.72. The van der Waals surface area contributed by atoms with Gasteiger partial charge in [-0.3, -0.25) is 30.3 Å². The Morgan fingerprint density at radius 3 is 2.20 bits per heavy atom. The molecule has 0 atom stereocenters. The van der Waals surface area contributed by atoms with E-state index in [0.717, 1.165) is 29.6 Å². The van der Waals surface area contributed by atoms with Crippen LogP contribution in [-0.4, -0.2) is 26.0 Å². The molecular formula is C14H15N5O5S. The quantitative estimate of drug-likeness (QED) is 0.611. The number of benzene rings is 1. The van der Waals surface area contributed by atoms with Crippen molar-refractivity contribution in [1.29, 1.82) is 0 Å². The molecule has 2 rings (SSSR count).